The summed E-state index contributed by atoms with van der Waals surface area (Å²) in [5.74, 6) is 0.875. The summed E-state index contributed by atoms with van der Waals surface area (Å²) in [6, 6.07) is 18.0. The number of hydrogen-bond acceptors (Lipinski definition) is 4. The number of nitrogens with one attached hydrogen (secondary N) is 1. The molecule has 3 rings (SSSR count). The summed E-state index contributed by atoms with van der Waals surface area (Å²) in [6.45, 7) is 1.26. The van der Waals surface area contributed by atoms with Crippen molar-refractivity contribution in [3.8, 4) is 5.75 Å². The fraction of sp³-hybridized carbons (Fsp3) is 0.118. The van der Waals surface area contributed by atoms with E-state index in [-0.39, 0.29) is 0 Å². The lowest BCUT2D eigenvalue weighted by molar-refractivity contribution is 0.306. The smallest absolute Gasteiger partial charge is 0.183 e. The van der Waals surface area contributed by atoms with E-state index in [1.807, 2.05) is 42.5 Å². The summed E-state index contributed by atoms with van der Waals surface area (Å²) in [4.78, 5) is 5.14. The molecule has 1 N–H and O–H groups in total. The molecule has 2 aromatic carbocycles. The predicted molar refractivity (Wildman–Crippen MR) is 91.7 cm³/mol. The van der Waals surface area contributed by atoms with Gasteiger partial charge in [0.15, 0.2) is 4.47 Å². The number of nitrogens with zero attached hydrogens (tertiary/aromatic N) is 1. The lowest BCUT2D eigenvalue weighted by Gasteiger charge is -2.09. The zero-order valence-corrected chi connectivity index (χ0v) is 13.4. The Balaban J connectivity index is 1.57. The Morgan fingerprint density at radius 2 is 1.95 bits per heavy atom. The van der Waals surface area contributed by atoms with Gasteiger partial charge in [0.1, 0.15) is 12.4 Å². The first-order valence-corrected chi connectivity index (χ1v) is 8.10. The SMILES string of the molecule is Clc1ncc(CNc2cccc(COc3ccccc3)c2)s1. The molecule has 3 nitrogen and oxygen atoms in total. The first-order chi connectivity index (χ1) is 10.8. The number of rotatable bonds is 6. The van der Waals surface area contributed by atoms with Gasteiger partial charge in [0, 0.05) is 16.8 Å². The minimum atomic E-state index is 0.548. The van der Waals surface area contributed by atoms with Crippen LogP contribution in [-0.2, 0) is 13.2 Å². The molecule has 1 aromatic heterocycles. The van der Waals surface area contributed by atoms with Gasteiger partial charge in [-0.1, -0.05) is 41.9 Å². The molecule has 0 saturated heterocycles. The Hall–Kier alpha value is -2.04. The maximum atomic E-state index is 5.83. The van der Waals surface area contributed by atoms with Gasteiger partial charge in [-0.25, -0.2) is 4.98 Å². The van der Waals surface area contributed by atoms with Crippen LogP contribution in [0.1, 0.15) is 10.4 Å². The third-order valence-corrected chi connectivity index (χ3v) is 4.18. The van der Waals surface area contributed by atoms with Crippen molar-refractivity contribution in [2.45, 2.75) is 13.2 Å². The van der Waals surface area contributed by atoms with Gasteiger partial charge in [-0.15, -0.1) is 11.3 Å². The number of anilines is 1. The monoisotopic (exact) mass is 330 g/mol. The number of benzene rings is 2. The molecular weight excluding hydrogens is 316 g/mol. The van der Waals surface area contributed by atoms with Crippen molar-refractivity contribution < 1.29 is 4.74 Å². The number of thiazole rings is 1. The third kappa shape index (κ3) is 4.23. The normalized spacial score (nSPS) is 10.4. The number of para-hydroxylation sites is 1. The Labute approximate surface area is 138 Å². The van der Waals surface area contributed by atoms with E-state index in [0.29, 0.717) is 17.6 Å². The van der Waals surface area contributed by atoms with Crippen molar-refractivity contribution in [2.75, 3.05) is 5.32 Å². The molecule has 0 amide bonds. The number of aromatic nitrogens is 1. The summed E-state index contributed by atoms with van der Waals surface area (Å²) < 4.78 is 6.33. The van der Waals surface area contributed by atoms with E-state index in [0.717, 1.165) is 21.9 Å². The Morgan fingerprint density at radius 3 is 2.73 bits per heavy atom. The van der Waals surface area contributed by atoms with Crippen LogP contribution in [0.3, 0.4) is 0 Å². The van der Waals surface area contributed by atoms with Crippen LogP contribution in [0.25, 0.3) is 0 Å². The van der Waals surface area contributed by atoms with Crippen LogP contribution in [0.15, 0.2) is 60.8 Å². The molecule has 0 bridgehead atoms. The van der Waals surface area contributed by atoms with Gasteiger partial charge < -0.3 is 10.1 Å². The summed E-state index contributed by atoms with van der Waals surface area (Å²) >= 11 is 7.32. The first kappa shape index (κ1) is 14.9. The summed E-state index contributed by atoms with van der Waals surface area (Å²) in [5, 5.41) is 3.37. The van der Waals surface area contributed by atoms with Gasteiger partial charge >= 0.3 is 0 Å². The maximum Gasteiger partial charge on any atom is 0.183 e. The average Bonchev–Trinajstić information content (AvgIpc) is 2.98. The van der Waals surface area contributed by atoms with Gasteiger partial charge in [-0.05, 0) is 29.8 Å². The van der Waals surface area contributed by atoms with Crippen molar-refractivity contribution in [3.63, 3.8) is 0 Å². The van der Waals surface area contributed by atoms with Crippen molar-refractivity contribution in [2.24, 2.45) is 0 Å². The van der Waals surface area contributed by atoms with E-state index in [2.05, 4.69) is 22.4 Å². The van der Waals surface area contributed by atoms with Gasteiger partial charge in [0.05, 0.1) is 6.54 Å². The predicted octanol–water partition coefficient (Wildman–Crippen LogP) is 4.99. The van der Waals surface area contributed by atoms with E-state index in [9.17, 15) is 0 Å². The second kappa shape index (κ2) is 7.29. The van der Waals surface area contributed by atoms with Crippen molar-refractivity contribution in [1.82, 2.24) is 4.98 Å². The minimum absolute atomic E-state index is 0.548. The summed E-state index contributed by atoms with van der Waals surface area (Å²) in [5.41, 5.74) is 2.18. The highest BCUT2D eigenvalue weighted by molar-refractivity contribution is 7.15. The Kier molecular flexibility index (Phi) is 4.93. The fourth-order valence-electron chi connectivity index (χ4n) is 2.01. The second-order valence-corrected chi connectivity index (χ2v) is 6.43. The van der Waals surface area contributed by atoms with Crippen LogP contribution in [0.2, 0.25) is 4.47 Å². The first-order valence-electron chi connectivity index (χ1n) is 6.90. The van der Waals surface area contributed by atoms with Crippen molar-refractivity contribution >= 4 is 28.6 Å². The highest BCUT2D eigenvalue weighted by Gasteiger charge is 2.01. The molecule has 0 radical (unpaired) electrons. The van der Waals surface area contributed by atoms with Gasteiger partial charge in [0.2, 0.25) is 0 Å². The van der Waals surface area contributed by atoms with E-state index in [1.54, 1.807) is 6.20 Å². The molecule has 5 heteroatoms. The zero-order valence-electron chi connectivity index (χ0n) is 11.8. The van der Waals surface area contributed by atoms with E-state index < -0.39 is 0 Å². The zero-order chi connectivity index (χ0) is 15.2. The molecule has 0 atom stereocenters. The molecule has 0 aliphatic rings. The molecule has 22 heavy (non-hydrogen) atoms. The van der Waals surface area contributed by atoms with E-state index in [4.69, 9.17) is 16.3 Å². The quantitative estimate of drug-likeness (QED) is 0.691. The highest BCUT2D eigenvalue weighted by atomic mass is 35.5. The molecule has 112 valence electrons. The van der Waals surface area contributed by atoms with Crippen molar-refractivity contribution in [3.05, 3.63) is 75.7 Å². The highest BCUT2D eigenvalue weighted by Crippen LogP contribution is 2.20. The van der Waals surface area contributed by atoms with Crippen LogP contribution in [0.5, 0.6) is 5.75 Å². The van der Waals surface area contributed by atoms with Crippen molar-refractivity contribution in [1.29, 1.82) is 0 Å². The van der Waals surface area contributed by atoms with Crippen LogP contribution in [0.4, 0.5) is 5.69 Å². The summed E-state index contributed by atoms with van der Waals surface area (Å²) in [6.07, 6.45) is 1.79. The lowest BCUT2D eigenvalue weighted by atomic mass is 10.2. The molecule has 0 saturated carbocycles. The molecule has 1 heterocycles. The largest absolute Gasteiger partial charge is 0.489 e. The van der Waals surface area contributed by atoms with Gasteiger partial charge in [-0.3, -0.25) is 0 Å². The lowest BCUT2D eigenvalue weighted by Crippen LogP contribution is -2.00. The molecule has 0 fully saturated rings. The van der Waals surface area contributed by atoms with Gasteiger partial charge in [-0.2, -0.15) is 0 Å². The number of halogens is 1. The molecule has 0 unspecified atom stereocenters. The molecule has 0 spiro atoms. The van der Waals surface area contributed by atoms with E-state index in [1.165, 1.54) is 11.3 Å². The van der Waals surface area contributed by atoms with Gasteiger partial charge in [0.25, 0.3) is 0 Å². The summed E-state index contributed by atoms with van der Waals surface area (Å²) in [7, 11) is 0. The van der Waals surface area contributed by atoms with Crippen LogP contribution >= 0.6 is 22.9 Å². The standard InChI is InChI=1S/C17H15ClN2OS/c18-17-20-11-16(22-17)10-19-14-6-4-5-13(9-14)12-21-15-7-2-1-3-8-15/h1-9,11,19H,10,12H2. The fourth-order valence-corrected chi connectivity index (χ4v) is 2.93. The maximum absolute atomic E-state index is 5.83. The number of ether oxygens (including phenoxy) is 1. The molecule has 0 aliphatic heterocycles. The third-order valence-electron chi connectivity index (χ3n) is 3.07. The molecule has 3 aromatic rings. The Morgan fingerprint density at radius 1 is 1.09 bits per heavy atom. The second-order valence-electron chi connectivity index (χ2n) is 4.74. The Bertz CT molecular complexity index is 730. The molecule has 0 aliphatic carbocycles. The minimum Gasteiger partial charge on any atom is -0.489 e. The van der Waals surface area contributed by atoms with Crippen LogP contribution < -0.4 is 10.1 Å². The average molecular weight is 331 g/mol. The molecular formula is C17H15ClN2OS. The van der Waals surface area contributed by atoms with Crippen LogP contribution in [0, 0.1) is 0 Å². The van der Waals surface area contributed by atoms with Crippen LogP contribution in [-0.4, -0.2) is 4.98 Å². The van der Waals surface area contributed by atoms with E-state index >= 15 is 0 Å². The number of hydrogen-bond donors (Lipinski definition) is 1. The topological polar surface area (TPSA) is 34.2 Å².